The van der Waals surface area contributed by atoms with Gasteiger partial charge in [0.15, 0.2) is 0 Å². The molecule has 9 aromatic carbocycles. The van der Waals surface area contributed by atoms with Gasteiger partial charge in [0.25, 0.3) is 0 Å². The van der Waals surface area contributed by atoms with Gasteiger partial charge in [0.05, 0.1) is 11.9 Å². The Bertz CT molecular complexity index is 5290. The maximum atomic E-state index is 9.76. The third kappa shape index (κ3) is 32.8. The van der Waals surface area contributed by atoms with E-state index in [1.165, 1.54) is 301 Å². The van der Waals surface area contributed by atoms with Crippen LogP contribution in [0.2, 0.25) is 0 Å². The Hall–Kier alpha value is -5.41. The molecule has 751 valence electrons. The molecule has 5 heterocycles. The van der Waals surface area contributed by atoms with Gasteiger partial charge < -0.3 is 43.1 Å². The van der Waals surface area contributed by atoms with Crippen molar-refractivity contribution in [1.29, 1.82) is 0 Å². The number of unbranched alkanes of at least 4 members (excludes halogenated alkanes) is 22. The summed E-state index contributed by atoms with van der Waals surface area (Å²) in [6.45, 7) is 24.5. The fourth-order valence-electron chi connectivity index (χ4n) is 21.2. The number of allylic oxidation sites excluding steroid dienone is 1. The van der Waals surface area contributed by atoms with Gasteiger partial charge in [0, 0.05) is 117 Å². The van der Waals surface area contributed by atoms with Crippen LogP contribution in [0.25, 0.3) is 54.0 Å². The molecule has 2 aromatic heterocycles. The Morgan fingerprint density at radius 2 is 0.693 bits per heavy atom. The fourth-order valence-corrected chi connectivity index (χ4v) is 23.9. The van der Waals surface area contributed by atoms with Crippen LogP contribution >= 0.6 is 91.0 Å². The third-order valence-corrected chi connectivity index (χ3v) is 32.1. The van der Waals surface area contributed by atoms with E-state index in [0.29, 0.717) is 12.2 Å². The van der Waals surface area contributed by atoms with Gasteiger partial charge in [-0.1, -0.05) is 436 Å². The van der Waals surface area contributed by atoms with E-state index in [0.717, 1.165) is 103 Å². The number of rotatable bonds is 41. The van der Waals surface area contributed by atoms with Gasteiger partial charge in [-0.2, -0.15) is 0 Å². The molecule has 9 nitrogen and oxygen atoms in total. The number of hydrogen-bond acceptors (Lipinski definition) is 10. The average molecular weight is 2410 g/mol. The molecule has 3 aliphatic heterocycles. The zero-order valence-electron chi connectivity index (χ0n) is 85.1. The summed E-state index contributed by atoms with van der Waals surface area (Å²) >= 11 is 20.2. The first kappa shape index (κ1) is 115. The van der Waals surface area contributed by atoms with Gasteiger partial charge in [-0.15, -0.1) is 23.6 Å². The number of hydrogen-bond donors (Lipinski definition) is 2. The molecule has 1 atom stereocenters. The van der Waals surface area contributed by atoms with Crippen LogP contribution in [0.15, 0.2) is 247 Å². The van der Waals surface area contributed by atoms with Gasteiger partial charge in [-0.05, 0) is 248 Å². The zero-order chi connectivity index (χ0) is 98.3. The molecule has 11 aromatic rings. The minimum atomic E-state index is -0.565. The van der Waals surface area contributed by atoms with Crippen molar-refractivity contribution in [3.63, 3.8) is 0 Å². The fraction of sp³-hybridized carbons (Fsp3) is 0.479. The van der Waals surface area contributed by atoms with E-state index >= 15 is 0 Å². The van der Waals surface area contributed by atoms with Crippen molar-refractivity contribution < 1.29 is 58.2 Å². The monoisotopic (exact) mass is 2400 g/mol. The molecule has 0 saturated carbocycles. The van der Waals surface area contributed by atoms with Crippen LogP contribution in [-0.2, 0) is 69.7 Å². The maximum absolute atomic E-state index is 9.76. The van der Waals surface area contributed by atoms with Crippen molar-refractivity contribution in [2.24, 2.45) is 0 Å². The second-order valence-corrected chi connectivity index (χ2v) is 45.7. The molecule has 3 aliphatic carbocycles. The van der Waals surface area contributed by atoms with Gasteiger partial charge in [-0.3, -0.25) is 0 Å². The number of halogens is 5. The number of thiophene rings is 1. The Kier molecular flexibility index (Phi) is 49.4. The summed E-state index contributed by atoms with van der Waals surface area (Å²) in [6, 6.07) is 77.8. The SMILES string of the molecule is CC(C)(C)c1ccc(Br)cc1.CCCCCCC1(CCCCCC)c2cc(B3OCCCO3)ccc2-c2ccc(B3OCCCO3)cc21.CCCCCCC1(CCCCCC)c2cc(Br)ccc2-c2ccc(Br)cc21.CCCCCCC1(CCCCCCCCCCC(O)=CC(C)O)c2cc(Br)ccc2-c2ccc(Br)cc21.[Ir].[c-]1c(-c2ccccn2)sc2ccccc12.c1ccc(B2OCCCO2)cc1. The molecule has 6 aliphatic rings. The molecule has 3 saturated heterocycles. The predicted molar refractivity (Wildman–Crippen MR) is 610 cm³/mol. The van der Waals surface area contributed by atoms with Crippen LogP contribution in [0.4, 0.5) is 0 Å². The van der Waals surface area contributed by atoms with Gasteiger partial charge in [-0.25, -0.2) is 11.3 Å². The summed E-state index contributed by atoms with van der Waals surface area (Å²) < 4.78 is 42.2. The number of aliphatic hydroxyl groups is 2. The predicted octanol–water partition coefficient (Wildman–Crippen LogP) is 35.1. The third-order valence-electron chi connectivity index (χ3n) is 28.5. The first-order valence-corrected chi connectivity index (χ1v) is 57.8. The summed E-state index contributed by atoms with van der Waals surface area (Å²) in [6.07, 6.45) is 49.6. The molecular weight excluding hydrogens is 2250 g/mol. The molecule has 2 N–H and O–H groups in total. The molecule has 1 radical (unpaired) electrons. The second-order valence-electron chi connectivity index (χ2n) is 40.1. The number of nitrogens with zero attached hydrogens (tertiary/aromatic N) is 1. The maximum Gasteiger partial charge on any atom is 0.493 e. The minimum absolute atomic E-state index is 0. The number of benzene rings is 9. The number of aromatic nitrogens is 1. The van der Waals surface area contributed by atoms with E-state index < -0.39 is 6.10 Å². The normalized spacial score (nSPS) is 15.2. The van der Waals surface area contributed by atoms with Crippen LogP contribution in [0, 0.1) is 6.07 Å². The van der Waals surface area contributed by atoms with Crippen molar-refractivity contribution >= 4 is 139 Å². The van der Waals surface area contributed by atoms with Crippen molar-refractivity contribution in [3.8, 4) is 44.0 Å². The van der Waals surface area contributed by atoms with E-state index in [-0.39, 0.29) is 63.1 Å². The van der Waals surface area contributed by atoms with E-state index in [9.17, 15) is 10.2 Å². The molecule has 0 amide bonds. The number of pyridine rings is 1. The van der Waals surface area contributed by atoms with Crippen molar-refractivity contribution in [2.75, 3.05) is 39.6 Å². The molecular formula is C121H154B3Br5IrNO8S-. The molecule has 3 fully saturated rings. The Morgan fingerprint density at radius 3 is 1.04 bits per heavy atom. The number of fused-ring (bicyclic) bond motifs is 10. The van der Waals surface area contributed by atoms with Crippen LogP contribution in [0.5, 0.6) is 0 Å². The smallest absolute Gasteiger partial charge is 0.493 e. The molecule has 1 unspecified atom stereocenters. The van der Waals surface area contributed by atoms with Crippen molar-refractivity contribution in [3.05, 3.63) is 292 Å². The first-order valence-electron chi connectivity index (χ1n) is 53.1. The summed E-state index contributed by atoms with van der Waals surface area (Å²) in [5, 5.41) is 20.2. The Labute approximate surface area is 902 Å². The Morgan fingerprint density at radius 1 is 0.379 bits per heavy atom. The van der Waals surface area contributed by atoms with Crippen molar-refractivity contribution in [1.82, 2.24) is 4.98 Å². The summed E-state index contributed by atoms with van der Waals surface area (Å²) in [4.78, 5) is 5.43. The van der Waals surface area contributed by atoms with E-state index in [1.54, 1.807) is 29.4 Å². The largest absolute Gasteiger partial charge is 0.513 e. The van der Waals surface area contributed by atoms with E-state index in [2.05, 4.69) is 298 Å². The van der Waals surface area contributed by atoms with E-state index in [4.69, 9.17) is 27.9 Å². The van der Waals surface area contributed by atoms with Gasteiger partial charge in [0.2, 0.25) is 0 Å². The average Bonchev–Trinajstić information content (AvgIpc) is 1.42. The molecule has 19 heteroatoms. The molecule has 140 heavy (non-hydrogen) atoms. The molecule has 0 spiro atoms. The van der Waals surface area contributed by atoms with Crippen molar-refractivity contribution in [2.45, 2.75) is 334 Å². The van der Waals surface area contributed by atoms with Crippen LogP contribution < -0.4 is 16.4 Å². The summed E-state index contributed by atoms with van der Waals surface area (Å²) in [5.74, 6) is 0.327. The van der Waals surface area contributed by atoms with E-state index in [1.807, 2.05) is 60.8 Å². The summed E-state index contributed by atoms with van der Waals surface area (Å²) in [5.41, 5.74) is 24.0. The van der Waals surface area contributed by atoms with Crippen LogP contribution in [-0.4, -0.2) is 82.3 Å². The Balaban J connectivity index is 0.000000170. The first-order chi connectivity index (χ1) is 67.7. The minimum Gasteiger partial charge on any atom is -0.513 e. The molecule has 17 rings (SSSR count). The van der Waals surface area contributed by atoms with Crippen LogP contribution in [0.1, 0.15) is 345 Å². The summed E-state index contributed by atoms with van der Waals surface area (Å²) in [7, 11) is -0.638. The quantitative estimate of drug-likeness (QED) is 0.0168. The van der Waals surface area contributed by atoms with Crippen LogP contribution in [0.3, 0.4) is 0 Å². The standard InChI is InChI=1S/C33H46Br2O2.C31H44B2O4.C25H32Br2.C13H8NS.C10H13Br.C9H11BO2.Ir/c1-3-4-5-13-20-33(21-14-11-9-7-6-8-10-12-15-28(37)22-25(2)36)31-23-26(34)16-18-29(31)30-19-17-27(35)24-32(30)33;1-3-5-7-9-17-31(18-10-8-6-4-2)29-23-25(32-34-19-11-20-35-32)13-15-27(29)28-16-14-26(24-30(28)31)33-36-21-12-22-37-33;1-3-5-7-9-15-25(16-10-8-6-4-2)23-17-19(26)11-13-21(23)22-14-12-20(27)18-24(22)25;1-2-7-12-10(5-1)9-13(15-12)11-6-3-4-8-14-11;1-10(2,3)8-4-6-9(11)7-5-8;1-2-5-9(6-3-1)10-11-7-4-8-12-10;/h16-19,22-25,36-37H,3-15,20-21H2,1-2H3;13-16,23-24H,3-12,17-22H2,1-2H3;11-14,17-18H,3-10,15-16H2,1-2H3;1-8H;4-7H,1-3H3;1-3,5-6H,4,7-8H2;/q;;;-1;;;. The topological polar surface area (TPSA) is 109 Å². The number of aliphatic hydroxyl groups excluding tert-OH is 2. The van der Waals surface area contributed by atoms with Gasteiger partial charge in [0.1, 0.15) is 0 Å². The molecule has 0 bridgehead atoms. The second kappa shape index (κ2) is 60.2. The van der Waals surface area contributed by atoms with Gasteiger partial charge >= 0.3 is 21.4 Å². The zero-order valence-corrected chi connectivity index (χ0v) is 96.3.